The zero-order chi connectivity index (χ0) is 34.2. The number of fused-ring (bicyclic) bond motifs is 10. The van der Waals surface area contributed by atoms with Crippen LogP contribution in [0.15, 0.2) is 174 Å². The number of hydrogen-bond acceptors (Lipinski definition) is 1. The summed E-state index contributed by atoms with van der Waals surface area (Å²) < 4.78 is 9.37. The standard InChI is InChI=1S/C50H35NO/c1-4-16-34(17-5-1)50(35-18-6-2-7-19-35)43-25-13-10-22-38(43)39-29-28-33(32-44(39)50)37-30-31-41-40-23-12-15-27-46(40)52-49(41)47-42-24-11-14-26-45(42)51(48(37)47)36-20-8-3-9-21-36/h1-11,13-22,24-30,32H,12,23,31H2. The zero-order valence-corrected chi connectivity index (χ0v) is 28.7. The molecule has 2 heteroatoms. The molecule has 6 aromatic carbocycles. The van der Waals surface area contributed by atoms with Crippen molar-refractivity contribution >= 4 is 22.6 Å². The summed E-state index contributed by atoms with van der Waals surface area (Å²) in [6.45, 7) is 0. The molecule has 2 heterocycles. The third-order valence-electron chi connectivity index (χ3n) is 11.6. The van der Waals surface area contributed by atoms with Gasteiger partial charge in [0, 0.05) is 27.8 Å². The van der Waals surface area contributed by atoms with Crippen LogP contribution < -0.4 is 0 Å². The normalized spacial score (nSPS) is 14.9. The SMILES string of the molecule is C1=Cc2oc3c(c2CC1)CC=C(c1ccc2c(c1)C(c1ccccc1)(c1ccccc1)c1ccccc1-2)c1c-3c2ccccc2n1-c1ccccc1. The number of para-hydroxylation sites is 2. The average molecular weight is 666 g/mol. The smallest absolute Gasteiger partial charge is 0.141 e. The molecule has 0 amide bonds. The van der Waals surface area contributed by atoms with Gasteiger partial charge in [-0.25, -0.2) is 0 Å². The van der Waals surface area contributed by atoms with Gasteiger partial charge in [0.25, 0.3) is 0 Å². The van der Waals surface area contributed by atoms with E-state index in [1.165, 1.54) is 77.8 Å². The van der Waals surface area contributed by atoms with E-state index in [0.717, 1.165) is 36.5 Å². The van der Waals surface area contributed by atoms with Gasteiger partial charge in [-0.2, -0.15) is 0 Å². The topological polar surface area (TPSA) is 18.1 Å². The Balaban J connectivity index is 1.24. The number of benzene rings is 6. The molecule has 11 rings (SSSR count). The maximum Gasteiger partial charge on any atom is 0.141 e. The van der Waals surface area contributed by atoms with Gasteiger partial charge in [-0.05, 0) is 88.5 Å². The van der Waals surface area contributed by atoms with E-state index in [2.05, 4.69) is 181 Å². The number of allylic oxidation sites excluding steroid dienone is 2. The van der Waals surface area contributed by atoms with Crippen LogP contribution in [0.1, 0.15) is 56.8 Å². The summed E-state index contributed by atoms with van der Waals surface area (Å²) in [5.74, 6) is 2.03. The van der Waals surface area contributed by atoms with Crippen LogP contribution >= 0.6 is 0 Å². The molecule has 0 fully saturated rings. The first-order valence-corrected chi connectivity index (χ1v) is 18.4. The highest BCUT2D eigenvalue weighted by Gasteiger charge is 2.46. The van der Waals surface area contributed by atoms with Gasteiger partial charge in [-0.15, -0.1) is 0 Å². The fourth-order valence-electron chi connectivity index (χ4n) is 9.50. The maximum absolute atomic E-state index is 6.91. The largest absolute Gasteiger partial charge is 0.456 e. The minimum absolute atomic E-state index is 0.470. The summed E-state index contributed by atoms with van der Waals surface area (Å²) in [5.41, 5.74) is 17.1. The van der Waals surface area contributed by atoms with Crippen molar-refractivity contribution in [3.05, 3.63) is 220 Å². The lowest BCUT2D eigenvalue weighted by molar-refractivity contribution is 0.564. The van der Waals surface area contributed by atoms with Crippen LogP contribution in [0.2, 0.25) is 0 Å². The predicted octanol–water partition coefficient (Wildman–Crippen LogP) is 12.2. The predicted molar refractivity (Wildman–Crippen MR) is 213 cm³/mol. The van der Waals surface area contributed by atoms with Crippen molar-refractivity contribution in [1.82, 2.24) is 4.57 Å². The molecule has 0 spiro atoms. The van der Waals surface area contributed by atoms with Crippen molar-refractivity contribution in [2.45, 2.75) is 24.7 Å². The third kappa shape index (κ3) is 4.01. The molecule has 246 valence electrons. The molecule has 8 aromatic rings. The second kappa shape index (κ2) is 11.3. The maximum atomic E-state index is 6.91. The minimum atomic E-state index is -0.470. The van der Waals surface area contributed by atoms with Crippen LogP contribution in [0.4, 0.5) is 0 Å². The molecule has 0 saturated heterocycles. The molecule has 2 aromatic heterocycles. The molecule has 0 N–H and O–H groups in total. The molecule has 0 aliphatic heterocycles. The van der Waals surface area contributed by atoms with E-state index in [1.54, 1.807) is 0 Å². The van der Waals surface area contributed by atoms with E-state index in [0.29, 0.717) is 0 Å². The van der Waals surface area contributed by atoms with Crippen LogP contribution in [0, 0.1) is 0 Å². The van der Waals surface area contributed by atoms with Crippen molar-refractivity contribution in [3.63, 3.8) is 0 Å². The Morgan fingerprint density at radius 2 is 1.27 bits per heavy atom. The summed E-state index contributed by atoms with van der Waals surface area (Å²) in [5, 5.41) is 1.21. The Labute approximate surface area is 303 Å². The van der Waals surface area contributed by atoms with Crippen LogP contribution in [0.5, 0.6) is 0 Å². The number of furan rings is 1. The molecule has 0 saturated carbocycles. The number of aromatic nitrogens is 1. The molecule has 52 heavy (non-hydrogen) atoms. The van der Waals surface area contributed by atoms with E-state index < -0.39 is 5.41 Å². The molecular weight excluding hydrogens is 631 g/mol. The van der Waals surface area contributed by atoms with E-state index in [1.807, 2.05) is 0 Å². The molecule has 0 atom stereocenters. The van der Waals surface area contributed by atoms with Crippen molar-refractivity contribution in [2.24, 2.45) is 0 Å². The average Bonchev–Trinajstić information content (AvgIpc) is 3.81. The second-order valence-corrected chi connectivity index (χ2v) is 14.2. The lowest BCUT2D eigenvalue weighted by Gasteiger charge is -2.34. The van der Waals surface area contributed by atoms with Crippen LogP contribution in [0.3, 0.4) is 0 Å². The molecule has 0 radical (unpaired) electrons. The van der Waals surface area contributed by atoms with Crippen molar-refractivity contribution < 1.29 is 4.42 Å². The van der Waals surface area contributed by atoms with Gasteiger partial charge < -0.3 is 8.98 Å². The first kappa shape index (κ1) is 29.4. The summed E-state index contributed by atoms with van der Waals surface area (Å²) in [6.07, 6.45) is 9.77. The lowest BCUT2D eigenvalue weighted by Crippen LogP contribution is -2.28. The highest BCUT2D eigenvalue weighted by atomic mass is 16.3. The number of nitrogens with zero attached hydrogens (tertiary/aromatic N) is 1. The summed E-state index contributed by atoms with van der Waals surface area (Å²) in [4.78, 5) is 0. The Morgan fingerprint density at radius 3 is 2.06 bits per heavy atom. The molecule has 0 bridgehead atoms. The molecule has 3 aliphatic rings. The Morgan fingerprint density at radius 1 is 0.596 bits per heavy atom. The molecular formula is C50H35NO. The van der Waals surface area contributed by atoms with Crippen LogP contribution in [-0.4, -0.2) is 4.57 Å². The fourth-order valence-corrected chi connectivity index (χ4v) is 9.50. The third-order valence-corrected chi connectivity index (χ3v) is 11.6. The van der Waals surface area contributed by atoms with E-state index in [-0.39, 0.29) is 0 Å². The molecule has 0 unspecified atom stereocenters. The van der Waals surface area contributed by atoms with Gasteiger partial charge in [0.05, 0.1) is 22.2 Å². The Kier molecular flexibility index (Phi) is 6.39. The first-order chi connectivity index (χ1) is 25.8. The van der Waals surface area contributed by atoms with E-state index >= 15 is 0 Å². The fraction of sp³-hybridized carbons (Fsp3) is 0.0800. The van der Waals surface area contributed by atoms with Gasteiger partial charge >= 0.3 is 0 Å². The van der Waals surface area contributed by atoms with E-state index in [4.69, 9.17) is 4.42 Å². The van der Waals surface area contributed by atoms with Gasteiger partial charge in [-0.1, -0.05) is 146 Å². The van der Waals surface area contributed by atoms with Gasteiger partial charge in [0.1, 0.15) is 11.5 Å². The van der Waals surface area contributed by atoms with E-state index in [9.17, 15) is 0 Å². The summed E-state index contributed by atoms with van der Waals surface area (Å²) >= 11 is 0. The second-order valence-electron chi connectivity index (χ2n) is 14.2. The summed E-state index contributed by atoms with van der Waals surface area (Å²) in [7, 11) is 0. The monoisotopic (exact) mass is 665 g/mol. The number of hydrogen-bond donors (Lipinski definition) is 0. The Hall–Kier alpha value is -6.38. The highest BCUT2D eigenvalue weighted by Crippen LogP contribution is 2.57. The molecule has 2 nitrogen and oxygen atoms in total. The van der Waals surface area contributed by atoms with Crippen molar-refractivity contribution in [3.8, 4) is 28.1 Å². The van der Waals surface area contributed by atoms with Gasteiger partial charge in [0.2, 0.25) is 0 Å². The Bertz CT molecular complexity index is 2700. The van der Waals surface area contributed by atoms with Crippen molar-refractivity contribution in [1.29, 1.82) is 0 Å². The zero-order valence-electron chi connectivity index (χ0n) is 28.7. The number of rotatable bonds is 4. The van der Waals surface area contributed by atoms with Gasteiger partial charge in [-0.3, -0.25) is 0 Å². The highest BCUT2D eigenvalue weighted by molar-refractivity contribution is 6.06. The van der Waals surface area contributed by atoms with Crippen LogP contribution in [0.25, 0.3) is 50.7 Å². The summed E-state index contributed by atoms with van der Waals surface area (Å²) in [6, 6.07) is 58.1. The quantitative estimate of drug-likeness (QED) is 0.183. The lowest BCUT2D eigenvalue weighted by atomic mass is 9.67. The van der Waals surface area contributed by atoms with Crippen LogP contribution in [-0.2, 0) is 18.3 Å². The van der Waals surface area contributed by atoms with Crippen molar-refractivity contribution in [2.75, 3.05) is 0 Å². The minimum Gasteiger partial charge on any atom is -0.456 e. The first-order valence-electron chi connectivity index (χ1n) is 18.4. The molecule has 3 aliphatic carbocycles. The van der Waals surface area contributed by atoms with Gasteiger partial charge in [0.15, 0.2) is 0 Å².